The van der Waals surface area contributed by atoms with Gasteiger partial charge in [-0.25, -0.2) is 9.07 Å². The zero-order valence-corrected chi connectivity index (χ0v) is 18.6. The van der Waals surface area contributed by atoms with Crippen molar-refractivity contribution in [1.29, 1.82) is 0 Å². The van der Waals surface area contributed by atoms with Gasteiger partial charge in [0.05, 0.1) is 24.0 Å². The molecule has 1 aliphatic heterocycles. The zero-order chi connectivity index (χ0) is 23.7. The largest absolute Gasteiger partial charge is 0.415 e. The third-order valence-electron chi connectivity index (χ3n) is 5.58. The summed E-state index contributed by atoms with van der Waals surface area (Å²) < 4.78 is 46.1. The fraction of sp³-hybridized carbons (Fsp3) is 0.318. The third-order valence-corrected chi connectivity index (χ3v) is 5.94. The normalized spacial score (nSPS) is 14.4. The van der Waals surface area contributed by atoms with Gasteiger partial charge in [-0.3, -0.25) is 9.88 Å². The predicted molar refractivity (Wildman–Crippen MR) is 117 cm³/mol. The quantitative estimate of drug-likeness (QED) is 0.370. The fourth-order valence-corrected chi connectivity index (χ4v) is 4.06. The van der Waals surface area contributed by atoms with E-state index in [0.717, 1.165) is 36.8 Å². The van der Waals surface area contributed by atoms with Crippen molar-refractivity contribution in [2.75, 3.05) is 13.1 Å². The van der Waals surface area contributed by atoms with E-state index in [4.69, 9.17) is 16.0 Å². The number of halogens is 4. The molecule has 34 heavy (non-hydrogen) atoms. The van der Waals surface area contributed by atoms with Gasteiger partial charge in [0, 0.05) is 23.3 Å². The van der Waals surface area contributed by atoms with Gasteiger partial charge >= 0.3 is 6.43 Å². The number of alkyl halides is 2. The SMILES string of the molecule is Fc1cc(-c2nnc(C(F)F)o2)cnc1Cn1cc(-c2ccc(CN3CCCC3)c(Cl)c2)nn1. The van der Waals surface area contributed by atoms with E-state index in [2.05, 4.69) is 30.4 Å². The van der Waals surface area contributed by atoms with Crippen molar-refractivity contribution in [2.24, 2.45) is 0 Å². The third kappa shape index (κ3) is 4.80. The maximum atomic E-state index is 14.6. The fourth-order valence-electron chi connectivity index (χ4n) is 3.82. The topological polar surface area (TPSA) is 85.8 Å². The second kappa shape index (κ2) is 9.51. The van der Waals surface area contributed by atoms with E-state index in [9.17, 15) is 13.2 Å². The number of pyridine rings is 1. The van der Waals surface area contributed by atoms with Crippen LogP contribution in [-0.4, -0.2) is 48.2 Å². The number of benzene rings is 1. The first-order valence-corrected chi connectivity index (χ1v) is 11.0. The summed E-state index contributed by atoms with van der Waals surface area (Å²) in [6.07, 6.45) is 2.48. The van der Waals surface area contributed by atoms with Gasteiger partial charge in [0.15, 0.2) is 0 Å². The van der Waals surface area contributed by atoms with Crippen LogP contribution >= 0.6 is 11.6 Å². The van der Waals surface area contributed by atoms with E-state index in [0.29, 0.717) is 10.7 Å². The highest BCUT2D eigenvalue weighted by atomic mass is 35.5. The van der Waals surface area contributed by atoms with E-state index in [1.807, 2.05) is 18.2 Å². The average molecular weight is 490 g/mol. The van der Waals surface area contributed by atoms with Crippen molar-refractivity contribution in [3.63, 3.8) is 0 Å². The van der Waals surface area contributed by atoms with Crippen molar-refractivity contribution in [1.82, 2.24) is 35.1 Å². The molecule has 176 valence electrons. The second-order valence-electron chi connectivity index (χ2n) is 7.99. The van der Waals surface area contributed by atoms with Gasteiger partial charge in [-0.1, -0.05) is 28.9 Å². The van der Waals surface area contributed by atoms with E-state index >= 15 is 0 Å². The van der Waals surface area contributed by atoms with Crippen LogP contribution in [0.25, 0.3) is 22.7 Å². The summed E-state index contributed by atoms with van der Waals surface area (Å²) in [6, 6.07) is 6.89. The lowest BCUT2D eigenvalue weighted by atomic mass is 10.1. The van der Waals surface area contributed by atoms with Crippen LogP contribution in [0.2, 0.25) is 5.02 Å². The lowest BCUT2D eigenvalue weighted by Crippen LogP contribution is -2.18. The number of likely N-dealkylation sites (tertiary alicyclic amines) is 1. The molecule has 4 heterocycles. The van der Waals surface area contributed by atoms with Crippen LogP contribution in [0.4, 0.5) is 13.2 Å². The van der Waals surface area contributed by atoms with Crippen LogP contribution in [0.1, 0.15) is 36.4 Å². The number of rotatable bonds is 7. The van der Waals surface area contributed by atoms with Crippen molar-refractivity contribution < 1.29 is 17.6 Å². The highest BCUT2D eigenvalue weighted by molar-refractivity contribution is 6.31. The van der Waals surface area contributed by atoms with Crippen molar-refractivity contribution in [3.05, 3.63) is 64.6 Å². The molecule has 12 heteroatoms. The molecular weight excluding hydrogens is 471 g/mol. The molecule has 0 atom stereocenters. The Morgan fingerprint density at radius 3 is 2.56 bits per heavy atom. The first-order valence-electron chi connectivity index (χ1n) is 10.6. The van der Waals surface area contributed by atoms with Gasteiger partial charge in [0.1, 0.15) is 11.5 Å². The Morgan fingerprint density at radius 2 is 1.85 bits per heavy atom. The number of hydrogen-bond acceptors (Lipinski definition) is 7. The highest BCUT2D eigenvalue weighted by Gasteiger charge is 2.19. The minimum Gasteiger partial charge on any atom is -0.415 e. The number of hydrogen-bond donors (Lipinski definition) is 0. The summed E-state index contributed by atoms with van der Waals surface area (Å²) in [5, 5.41) is 15.6. The summed E-state index contributed by atoms with van der Waals surface area (Å²) in [7, 11) is 0. The monoisotopic (exact) mass is 489 g/mol. The van der Waals surface area contributed by atoms with Crippen LogP contribution < -0.4 is 0 Å². The lowest BCUT2D eigenvalue weighted by Gasteiger charge is -2.15. The first kappa shape index (κ1) is 22.5. The summed E-state index contributed by atoms with van der Waals surface area (Å²) in [4.78, 5) is 6.43. The highest BCUT2D eigenvalue weighted by Crippen LogP contribution is 2.27. The molecule has 0 amide bonds. The standard InChI is InChI=1S/C22H19ClF3N7O/c23-16-7-13(3-4-14(16)10-32-5-1-2-6-32)18-11-33(31-28-18)12-19-17(24)8-15(9-27-19)21-29-30-22(34-21)20(25)26/h3-4,7-9,11,20H,1-2,5-6,10,12H2. The molecule has 0 N–H and O–H groups in total. The minimum absolute atomic E-state index is 0.0198. The maximum Gasteiger partial charge on any atom is 0.314 e. The molecule has 1 fully saturated rings. The molecule has 0 bridgehead atoms. The van der Waals surface area contributed by atoms with Crippen molar-refractivity contribution in [2.45, 2.75) is 32.4 Å². The van der Waals surface area contributed by atoms with E-state index in [1.54, 1.807) is 6.20 Å². The molecular formula is C22H19ClF3N7O. The molecule has 0 spiro atoms. The lowest BCUT2D eigenvalue weighted by molar-refractivity contribution is 0.116. The van der Waals surface area contributed by atoms with Crippen LogP contribution in [0.15, 0.2) is 41.1 Å². The van der Waals surface area contributed by atoms with Crippen molar-refractivity contribution >= 4 is 11.6 Å². The number of nitrogens with zero attached hydrogens (tertiary/aromatic N) is 7. The van der Waals surface area contributed by atoms with Crippen molar-refractivity contribution in [3.8, 4) is 22.7 Å². The molecule has 1 saturated heterocycles. The Kier molecular flexibility index (Phi) is 6.29. The van der Waals surface area contributed by atoms with Crippen LogP contribution in [-0.2, 0) is 13.1 Å². The van der Waals surface area contributed by atoms with E-state index in [-0.39, 0.29) is 23.7 Å². The van der Waals surface area contributed by atoms with Gasteiger partial charge in [-0.05, 0) is 43.6 Å². The average Bonchev–Trinajstić information content (AvgIpc) is 3.58. The molecule has 8 nitrogen and oxygen atoms in total. The molecule has 0 radical (unpaired) electrons. The molecule has 0 unspecified atom stereocenters. The second-order valence-corrected chi connectivity index (χ2v) is 8.40. The van der Waals surface area contributed by atoms with Gasteiger partial charge in [0.2, 0.25) is 5.89 Å². The Labute approximate surface area is 197 Å². The van der Waals surface area contributed by atoms with E-state index < -0.39 is 18.1 Å². The maximum absolute atomic E-state index is 14.6. The summed E-state index contributed by atoms with van der Waals surface area (Å²) in [6.45, 7) is 3.01. The zero-order valence-electron chi connectivity index (χ0n) is 17.8. The molecule has 4 aromatic rings. The minimum atomic E-state index is -2.91. The molecule has 1 aliphatic rings. The van der Waals surface area contributed by atoms with Gasteiger partial charge < -0.3 is 4.42 Å². The smallest absolute Gasteiger partial charge is 0.314 e. The Bertz CT molecular complexity index is 1300. The first-order chi connectivity index (χ1) is 16.5. The Balaban J connectivity index is 1.29. The molecule has 3 aromatic heterocycles. The van der Waals surface area contributed by atoms with Gasteiger partial charge in [0.25, 0.3) is 5.89 Å². The molecule has 1 aromatic carbocycles. The molecule has 0 saturated carbocycles. The van der Waals surface area contributed by atoms with Crippen LogP contribution in [0.5, 0.6) is 0 Å². The summed E-state index contributed by atoms with van der Waals surface area (Å²) >= 11 is 6.50. The Morgan fingerprint density at radius 1 is 1.03 bits per heavy atom. The summed E-state index contributed by atoms with van der Waals surface area (Å²) in [5.74, 6) is -1.74. The van der Waals surface area contributed by atoms with Crippen LogP contribution in [0, 0.1) is 5.82 Å². The number of aromatic nitrogens is 6. The van der Waals surface area contributed by atoms with Gasteiger partial charge in [-0.15, -0.1) is 15.3 Å². The van der Waals surface area contributed by atoms with E-state index in [1.165, 1.54) is 23.7 Å². The summed E-state index contributed by atoms with van der Waals surface area (Å²) in [5.41, 5.74) is 2.65. The predicted octanol–water partition coefficient (Wildman–Crippen LogP) is 4.76. The van der Waals surface area contributed by atoms with Crippen LogP contribution in [0.3, 0.4) is 0 Å². The molecule has 5 rings (SSSR count). The van der Waals surface area contributed by atoms with Gasteiger partial charge in [-0.2, -0.15) is 8.78 Å². The molecule has 0 aliphatic carbocycles. The Hall–Kier alpha value is -3.31.